The van der Waals surface area contributed by atoms with E-state index in [1.807, 2.05) is 18.7 Å². The fourth-order valence-corrected chi connectivity index (χ4v) is 5.02. The summed E-state index contributed by atoms with van der Waals surface area (Å²) in [7, 11) is 1.65. The summed E-state index contributed by atoms with van der Waals surface area (Å²) in [5, 5.41) is 0.147. The zero-order valence-electron chi connectivity index (χ0n) is 19.1. The number of carbonyl (C=O) groups is 1. The summed E-state index contributed by atoms with van der Waals surface area (Å²) in [4.78, 5) is 33.7. The first-order valence-electron chi connectivity index (χ1n) is 11.1. The summed E-state index contributed by atoms with van der Waals surface area (Å²) in [6, 6.07) is 6.79. The van der Waals surface area contributed by atoms with E-state index in [-0.39, 0.29) is 16.7 Å². The van der Waals surface area contributed by atoms with Crippen LogP contribution in [0.2, 0.25) is 0 Å². The molecule has 3 rings (SSSR count). The Morgan fingerprint density at radius 1 is 1.15 bits per heavy atom. The third-order valence-corrected chi connectivity index (χ3v) is 7.01. The first-order valence-corrected chi connectivity index (χ1v) is 12.0. The molecule has 10 heteroatoms. The quantitative estimate of drug-likeness (QED) is 0.442. The zero-order valence-corrected chi connectivity index (χ0v) is 19.9. The summed E-state index contributed by atoms with van der Waals surface area (Å²) in [5.41, 5.74) is 0.372. The van der Waals surface area contributed by atoms with Crippen molar-refractivity contribution in [1.82, 2.24) is 14.5 Å². The van der Waals surface area contributed by atoms with Gasteiger partial charge in [0.2, 0.25) is 5.91 Å². The number of amides is 1. The van der Waals surface area contributed by atoms with Gasteiger partial charge in [0.1, 0.15) is 0 Å². The van der Waals surface area contributed by atoms with Gasteiger partial charge in [-0.05, 0) is 31.0 Å². The SMILES string of the molecule is CCCC(Sc1nc(CC)cc(=O)n1C)C(=O)N1CCN(c2cccc(C(F)(F)F)c2)CC1. The molecule has 180 valence electrons. The van der Waals surface area contributed by atoms with Crippen LogP contribution in [-0.4, -0.2) is 51.8 Å². The molecule has 0 spiro atoms. The van der Waals surface area contributed by atoms with Crippen molar-refractivity contribution in [3.8, 4) is 0 Å². The van der Waals surface area contributed by atoms with Crippen molar-refractivity contribution in [2.24, 2.45) is 7.05 Å². The lowest BCUT2D eigenvalue weighted by atomic mass is 10.1. The minimum absolute atomic E-state index is 0.0262. The molecule has 1 saturated heterocycles. The largest absolute Gasteiger partial charge is 0.416 e. The van der Waals surface area contributed by atoms with Crippen molar-refractivity contribution < 1.29 is 18.0 Å². The summed E-state index contributed by atoms with van der Waals surface area (Å²) in [5.74, 6) is -0.0262. The van der Waals surface area contributed by atoms with E-state index >= 15 is 0 Å². The number of rotatable bonds is 7. The molecule has 1 fully saturated rings. The number of thioether (sulfide) groups is 1. The number of aryl methyl sites for hydroxylation is 1. The van der Waals surface area contributed by atoms with Crippen molar-refractivity contribution in [3.05, 3.63) is 51.9 Å². The maximum atomic E-state index is 13.3. The van der Waals surface area contributed by atoms with Crippen molar-refractivity contribution >= 4 is 23.4 Å². The molecule has 33 heavy (non-hydrogen) atoms. The smallest absolute Gasteiger partial charge is 0.368 e. The number of halogens is 3. The Kier molecular flexibility index (Phi) is 8.10. The normalized spacial score (nSPS) is 15.6. The lowest BCUT2D eigenvalue weighted by Crippen LogP contribution is -2.51. The van der Waals surface area contributed by atoms with Crippen LogP contribution in [0.25, 0.3) is 0 Å². The fraction of sp³-hybridized carbons (Fsp3) is 0.522. The second-order valence-electron chi connectivity index (χ2n) is 8.04. The third-order valence-electron chi connectivity index (χ3n) is 5.71. The molecule has 0 radical (unpaired) electrons. The molecule has 0 bridgehead atoms. The lowest BCUT2D eigenvalue weighted by Gasteiger charge is -2.37. The molecule has 1 amide bonds. The van der Waals surface area contributed by atoms with Crippen LogP contribution in [0.1, 0.15) is 37.9 Å². The van der Waals surface area contributed by atoms with Crippen LogP contribution in [0.3, 0.4) is 0 Å². The van der Waals surface area contributed by atoms with Crippen LogP contribution in [0, 0.1) is 0 Å². The van der Waals surface area contributed by atoms with Crippen molar-refractivity contribution in [2.75, 3.05) is 31.1 Å². The maximum absolute atomic E-state index is 13.3. The molecular formula is C23H29F3N4O2S. The molecule has 1 unspecified atom stereocenters. The van der Waals surface area contributed by atoms with Gasteiger partial charge in [-0.25, -0.2) is 4.98 Å². The Hall–Kier alpha value is -2.49. The van der Waals surface area contributed by atoms with Crippen molar-refractivity contribution in [1.29, 1.82) is 0 Å². The van der Waals surface area contributed by atoms with Crippen LogP contribution in [0.15, 0.2) is 40.3 Å². The number of nitrogens with zero attached hydrogens (tertiary/aromatic N) is 4. The van der Waals surface area contributed by atoms with Gasteiger partial charge in [-0.15, -0.1) is 0 Å². The van der Waals surface area contributed by atoms with Crippen molar-refractivity contribution in [2.45, 2.75) is 49.7 Å². The van der Waals surface area contributed by atoms with E-state index in [2.05, 4.69) is 4.98 Å². The van der Waals surface area contributed by atoms with Gasteiger partial charge in [-0.2, -0.15) is 13.2 Å². The molecule has 6 nitrogen and oxygen atoms in total. The number of alkyl halides is 3. The predicted octanol–water partition coefficient (Wildman–Crippen LogP) is 3.97. The number of benzene rings is 1. The van der Waals surface area contributed by atoms with Gasteiger partial charge in [0.25, 0.3) is 5.56 Å². The standard InChI is InChI=1S/C23H29F3N4O2S/c1-4-7-19(33-22-27-17(5-2)15-20(31)28(22)3)21(32)30-12-10-29(11-13-30)18-9-6-8-16(14-18)23(24,25)26/h6,8-9,14-15,19H,4-5,7,10-13H2,1-3H3. The Labute approximate surface area is 195 Å². The molecule has 0 N–H and O–H groups in total. The van der Waals surface area contributed by atoms with Gasteiger partial charge in [0.05, 0.1) is 10.8 Å². The van der Waals surface area contributed by atoms with Gasteiger partial charge in [-0.1, -0.05) is 38.1 Å². The summed E-state index contributed by atoms with van der Waals surface area (Å²) in [6.07, 6.45) is -2.31. The molecule has 1 atom stereocenters. The van der Waals surface area contributed by atoms with Gasteiger partial charge in [0, 0.05) is 50.7 Å². The summed E-state index contributed by atoms with van der Waals surface area (Å²) in [6.45, 7) is 5.70. The van der Waals surface area contributed by atoms with Crippen LogP contribution in [0.4, 0.5) is 18.9 Å². The van der Waals surface area contributed by atoms with Crippen molar-refractivity contribution in [3.63, 3.8) is 0 Å². The fourth-order valence-electron chi connectivity index (χ4n) is 3.74. The van der Waals surface area contributed by atoms with Gasteiger partial charge in [0.15, 0.2) is 5.16 Å². The van der Waals surface area contributed by atoms with Gasteiger partial charge >= 0.3 is 6.18 Å². The van der Waals surface area contributed by atoms with E-state index in [9.17, 15) is 22.8 Å². The Morgan fingerprint density at radius 2 is 1.85 bits per heavy atom. The van der Waals surface area contributed by atoms with E-state index in [4.69, 9.17) is 0 Å². The second kappa shape index (κ2) is 10.6. The van der Waals surface area contributed by atoms with Crippen LogP contribution >= 0.6 is 11.8 Å². The number of piperazine rings is 1. The number of carbonyl (C=O) groups excluding carboxylic acids is 1. The van der Waals surface area contributed by atoms with Gasteiger partial charge in [-0.3, -0.25) is 14.2 Å². The monoisotopic (exact) mass is 482 g/mol. The highest BCUT2D eigenvalue weighted by Crippen LogP contribution is 2.32. The highest BCUT2D eigenvalue weighted by molar-refractivity contribution is 8.00. The minimum atomic E-state index is -4.39. The Bertz CT molecular complexity index is 1030. The lowest BCUT2D eigenvalue weighted by molar-refractivity contribution is -0.137. The summed E-state index contributed by atoms with van der Waals surface area (Å²) < 4.78 is 40.6. The number of hydrogen-bond acceptors (Lipinski definition) is 5. The predicted molar refractivity (Wildman–Crippen MR) is 124 cm³/mol. The van der Waals surface area contributed by atoms with E-state index in [1.54, 1.807) is 18.0 Å². The molecule has 0 aliphatic carbocycles. The van der Waals surface area contributed by atoms with Crippen LogP contribution in [0.5, 0.6) is 0 Å². The van der Waals surface area contributed by atoms with Crippen LogP contribution < -0.4 is 10.5 Å². The average molecular weight is 483 g/mol. The molecule has 1 aromatic carbocycles. The number of hydrogen-bond donors (Lipinski definition) is 0. The molecule has 2 heterocycles. The summed E-state index contributed by atoms with van der Waals surface area (Å²) >= 11 is 1.31. The number of aromatic nitrogens is 2. The molecule has 1 aromatic heterocycles. The molecular weight excluding hydrogens is 453 g/mol. The minimum Gasteiger partial charge on any atom is -0.368 e. The topological polar surface area (TPSA) is 58.4 Å². The van der Waals surface area contributed by atoms with Gasteiger partial charge < -0.3 is 9.80 Å². The maximum Gasteiger partial charge on any atom is 0.416 e. The van der Waals surface area contributed by atoms with E-state index in [0.717, 1.165) is 18.6 Å². The van der Waals surface area contributed by atoms with E-state index in [0.29, 0.717) is 55.6 Å². The van der Waals surface area contributed by atoms with E-state index < -0.39 is 11.7 Å². The second-order valence-corrected chi connectivity index (χ2v) is 9.21. The van der Waals surface area contributed by atoms with E-state index in [1.165, 1.54) is 28.5 Å². The average Bonchev–Trinajstić information content (AvgIpc) is 2.80. The Balaban J connectivity index is 1.69. The Morgan fingerprint density at radius 3 is 2.45 bits per heavy atom. The zero-order chi connectivity index (χ0) is 24.2. The first-order chi connectivity index (χ1) is 15.6. The molecule has 2 aromatic rings. The number of anilines is 1. The molecule has 1 aliphatic heterocycles. The molecule has 1 aliphatic rings. The first kappa shape index (κ1) is 25.1. The highest BCUT2D eigenvalue weighted by Gasteiger charge is 2.32. The third kappa shape index (κ3) is 6.10. The van der Waals surface area contributed by atoms with Crippen LogP contribution in [-0.2, 0) is 24.4 Å². The molecule has 0 saturated carbocycles. The highest BCUT2D eigenvalue weighted by atomic mass is 32.2.